The maximum atomic E-state index is 12.6. The number of aliphatic hydroxyl groups is 1. The number of ether oxygens (including phenoxy) is 1. The average Bonchev–Trinajstić information content (AvgIpc) is 2.45. The predicted molar refractivity (Wildman–Crippen MR) is 80.9 cm³/mol. The van der Waals surface area contributed by atoms with Crippen LogP contribution in [0.1, 0.15) is 32.1 Å². The van der Waals surface area contributed by atoms with Gasteiger partial charge in [-0.1, -0.05) is 19.3 Å². The number of nitrogens with zero attached hydrogens (tertiary/aromatic N) is 1. The van der Waals surface area contributed by atoms with Crippen LogP contribution in [0.2, 0.25) is 0 Å². The van der Waals surface area contributed by atoms with Crippen molar-refractivity contribution in [3.63, 3.8) is 0 Å². The van der Waals surface area contributed by atoms with E-state index >= 15 is 0 Å². The molecule has 1 aromatic rings. The zero-order valence-corrected chi connectivity index (χ0v) is 13.0. The zero-order chi connectivity index (χ0) is 15.1. The summed E-state index contributed by atoms with van der Waals surface area (Å²) < 4.78 is 32.1. The Kier molecular flexibility index (Phi) is 6.02. The van der Waals surface area contributed by atoms with Gasteiger partial charge in [-0.25, -0.2) is 8.42 Å². The highest BCUT2D eigenvalue weighted by Gasteiger charge is 2.24. The van der Waals surface area contributed by atoms with E-state index < -0.39 is 10.0 Å². The topological polar surface area (TPSA) is 66.8 Å². The van der Waals surface area contributed by atoms with E-state index in [1.54, 1.807) is 28.6 Å². The first kappa shape index (κ1) is 16.3. The van der Waals surface area contributed by atoms with E-state index in [0.717, 1.165) is 25.7 Å². The Morgan fingerprint density at radius 3 is 2.14 bits per heavy atom. The van der Waals surface area contributed by atoms with Crippen LogP contribution >= 0.6 is 0 Å². The Labute approximate surface area is 126 Å². The molecule has 0 bridgehead atoms. The van der Waals surface area contributed by atoms with Gasteiger partial charge in [0.25, 0.3) is 0 Å². The molecule has 0 spiro atoms. The third-order valence-electron chi connectivity index (χ3n) is 3.64. The van der Waals surface area contributed by atoms with Gasteiger partial charge < -0.3 is 9.84 Å². The minimum Gasteiger partial charge on any atom is -0.491 e. The van der Waals surface area contributed by atoms with Gasteiger partial charge in [0.15, 0.2) is 0 Å². The monoisotopic (exact) mass is 313 g/mol. The van der Waals surface area contributed by atoms with Crippen LogP contribution < -0.4 is 4.74 Å². The van der Waals surface area contributed by atoms with Crippen molar-refractivity contribution < 1.29 is 18.3 Å². The Morgan fingerprint density at radius 1 is 1.00 bits per heavy atom. The van der Waals surface area contributed by atoms with Crippen LogP contribution in [0.15, 0.2) is 29.2 Å². The summed E-state index contributed by atoms with van der Waals surface area (Å²) in [5.74, 6) is 0.565. The third kappa shape index (κ3) is 4.43. The van der Waals surface area contributed by atoms with Gasteiger partial charge in [-0.15, -0.1) is 0 Å². The third-order valence-corrected chi connectivity index (χ3v) is 5.55. The molecule has 21 heavy (non-hydrogen) atoms. The fourth-order valence-electron chi connectivity index (χ4n) is 2.48. The summed E-state index contributed by atoms with van der Waals surface area (Å²) in [5.41, 5.74) is 0. The second-order valence-corrected chi connectivity index (χ2v) is 7.15. The quantitative estimate of drug-likeness (QED) is 0.903. The molecule has 1 aliphatic heterocycles. The van der Waals surface area contributed by atoms with Crippen LogP contribution in [0, 0.1) is 0 Å². The first-order valence-corrected chi connectivity index (χ1v) is 8.92. The molecule has 0 aliphatic carbocycles. The summed E-state index contributed by atoms with van der Waals surface area (Å²) in [4.78, 5) is 0.305. The number of sulfonamides is 1. The first-order chi connectivity index (χ1) is 10.1. The van der Waals surface area contributed by atoms with Crippen LogP contribution in [0.4, 0.5) is 0 Å². The first-order valence-electron chi connectivity index (χ1n) is 7.48. The van der Waals surface area contributed by atoms with Crippen molar-refractivity contribution >= 4 is 10.0 Å². The maximum Gasteiger partial charge on any atom is 0.243 e. The van der Waals surface area contributed by atoms with E-state index in [-0.39, 0.29) is 13.2 Å². The summed E-state index contributed by atoms with van der Waals surface area (Å²) >= 11 is 0. The molecular weight excluding hydrogens is 290 g/mol. The van der Waals surface area contributed by atoms with Gasteiger partial charge in [-0.2, -0.15) is 4.31 Å². The van der Waals surface area contributed by atoms with Crippen LogP contribution in [-0.2, 0) is 10.0 Å². The summed E-state index contributed by atoms with van der Waals surface area (Å²) in [7, 11) is -3.41. The lowest BCUT2D eigenvalue weighted by Crippen LogP contribution is -2.33. The summed E-state index contributed by atoms with van der Waals surface area (Å²) in [6.07, 6.45) is 5.25. The predicted octanol–water partition coefficient (Wildman–Crippen LogP) is 2.01. The van der Waals surface area contributed by atoms with E-state index in [2.05, 4.69) is 0 Å². The lowest BCUT2D eigenvalue weighted by Gasteiger charge is -2.24. The molecule has 1 N–H and O–H groups in total. The Balaban J connectivity index is 2.10. The molecule has 0 amide bonds. The molecule has 0 unspecified atom stereocenters. The van der Waals surface area contributed by atoms with Gasteiger partial charge in [-0.3, -0.25) is 0 Å². The standard InChI is InChI=1S/C15H23NO4S/c17-12-13-20-14-6-8-15(9-7-14)21(18,19)16-10-4-2-1-3-5-11-16/h6-9,17H,1-5,10-13H2. The summed E-state index contributed by atoms with van der Waals surface area (Å²) in [6.45, 7) is 1.35. The highest BCUT2D eigenvalue weighted by atomic mass is 32.2. The Morgan fingerprint density at radius 2 is 1.57 bits per heavy atom. The average molecular weight is 313 g/mol. The second kappa shape index (κ2) is 7.77. The van der Waals surface area contributed by atoms with Crippen LogP contribution in [-0.4, -0.2) is 44.1 Å². The largest absolute Gasteiger partial charge is 0.491 e. The minimum absolute atomic E-state index is 0.0617. The van der Waals surface area contributed by atoms with E-state index in [4.69, 9.17) is 9.84 Å². The van der Waals surface area contributed by atoms with Gasteiger partial charge in [0.05, 0.1) is 11.5 Å². The van der Waals surface area contributed by atoms with Crippen molar-refractivity contribution in [3.8, 4) is 5.75 Å². The van der Waals surface area contributed by atoms with Crippen molar-refractivity contribution in [3.05, 3.63) is 24.3 Å². The van der Waals surface area contributed by atoms with E-state index in [9.17, 15) is 8.42 Å². The molecule has 0 radical (unpaired) electrons. The van der Waals surface area contributed by atoms with Crippen molar-refractivity contribution in [1.29, 1.82) is 0 Å². The van der Waals surface area contributed by atoms with Gasteiger partial charge in [0, 0.05) is 13.1 Å². The van der Waals surface area contributed by atoms with Crippen LogP contribution in [0.5, 0.6) is 5.75 Å². The van der Waals surface area contributed by atoms with Gasteiger partial charge in [0.2, 0.25) is 10.0 Å². The highest BCUT2D eigenvalue weighted by molar-refractivity contribution is 7.89. The fraction of sp³-hybridized carbons (Fsp3) is 0.600. The number of aliphatic hydroxyl groups excluding tert-OH is 1. The molecule has 1 fully saturated rings. The minimum atomic E-state index is -3.41. The van der Waals surface area contributed by atoms with E-state index in [0.29, 0.717) is 23.7 Å². The molecular formula is C15H23NO4S. The van der Waals surface area contributed by atoms with Gasteiger partial charge in [-0.05, 0) is 37.1 Å². The molecule has 1 aliphatic rings. The molecule has 0 atom stereocenters. The SMILES string of the molecule is O=S(=O)(c1ccc(OCCO)cc1)N1CCCCCCC1. The lowest BCUT2D eigenvalue weighted by atomic mass is 10.1. The highest BCUT2D eigenvalue weighted by Crippen LogP contribution is 2.22. The maximum absolute atomic E-state index is 12.6. The van der Waals surface area contributed by atoms with E-state index in [1.807, 2.05) is 0 Å². The molecule has 118 valence electrons. The molecule has 0 saturated carbocycles. The molecule has 2 rings (SSSR count). The Bertz CT molecular complexity index is 519. The van der Waals surface area contributed by atoms with Crippen molar-refractivity contribution in [2.75, 3.05) is 26.3 Å². The number of rotatable bonds is 5. The normalized spacial score (nSPS) is 18.0. The second-order valence-electron chi connectivity index (χ2n) is 5.22. The number of benzene rings is 1. The van der Waals surface area contributed by atoms with Crippen LogP contribution in [0.3, 0.4) is 0 Å². The van der Waals surface area contributed by atoms with Crippen molar-refractivity contribution in [2.24, 2.45) is 0 Å². The zero-order valence-electron chi connectivity index (χ0n) is 12.2. The summed E-state index contributed by atoms with van der Waals surface area (Å²) in [5, 5.41) is 8.70. The molecule has 6 heteroatoms. The Hall–Kier alpha value is -1.11. The van der Waals surface area contributed by atoms with Gasteiger partial charge >= 0.3 is 0 Å². The molecule has 1 aromatic carbocycles. The molecule has 5 nitrogen and oxygen atoms in total. The molecule has 1 heterocycles. The smallest absolute Gasteiger partial charge is 0.243 e. The fourth-order valence-corrected chi connectivity index (χ4v) is 4.00. The van der Waals surface area contributed by atoms with Crippen molar-refractivity contribution in [2.45, 2.75) is 37.0 Å². The van der Waals surface area contributed by atoms with Crippen molar-refractivity contribution in [1.82, 2.24) is 4.31 Å². The summed E-state index contributed by atoms with van der Waals surface area (Å²) in [6, 6.07) is 6.40. The molecule has 1 saturated heterocycles. The lowest BCUT2D eigenvalue weighted by molar-refractivity contribution is 0.201. The number of hydrogen-bond donors (Lipinski definition) is 1. The van der Waals surface area contributed by atoms with E-state index in [1.165, 1.54) is 6.42 Å². The van der Waals surface area contributed by atoms with Gasteiger partial charge in [0.1, 0.15) is 12.4 Å². The van der Waals surface area contributed by atoms with Crippen LogP contribution in [0.25, 0.3) is 0 Å². The molecule has 0 aromatic heterocycles. The number of hydrogen-bond acceptors (Lipinski definition) is 4.